The number of benzene rings is 2. The van der Waals surface area contributed by atoms with Crippen LogP contribution >= 0.6 is 0 Å². The number of nitrogens with zero attached hydrogens (tertiary/aromatic N) is 3. The number of ether oxygens (including phenoxy) is 1. The lowest BCUT2D eigenvalue weighted by Gasteiger charge is -2.30. The molecule has 2 aliphatic rings. The van der Waals surface area contributed by atoms with Gasteiger partial charge in [0.25, 0.3) is 11.6 Å². The second-order valence-electron chi connectivity index (χ2n) is 8.00. The number of hydrogen-bond acceptors (Lipinski definition) is 7. The molecular formula is C22H26N4O6S. The zero-order valence-electron chi connectivity index (χ0n) is 18.1. The zero-order valence-corrected chi connectivity index (χ0v) is 18.9. The minimum atomic E-state index is -3.57. The number of sulfonamides is 1. The number of nitrogens with one attached hydrogen (secondary N) is 1. The van der Waals surface area contributed by atoms with Crippen LogP contribution in [0.25, 0.3) is 0 Å². The van der Waals surface area contributed by atoms with Gasteiger partial charge in [0.1, 0.15) is 0 Å². The highest BCUT2D eigenvalue weighted by molar-refractivity contribution is 7.89. The first-order valence-electron chi connectivity index (χ1n) is 10.9. The second-order valence-corrected chi connectivity index (χ2v) is 9.94. The van der Waals surface area contributed by atoms with Crippen molar-refractivity contribution in [2.24, 2.45) is 0 Å². The van der Waals surface area contributed by atoms with Gasteiger partial charge in [-0.05, 0) is 43.2 Å². The fraction of sp³-hybridized carbons (Fsp3) is 0.409. The molecular weight excluding hydrogens is 448 g/mol. The third kappa shape index (κ3) is 5.15. The SMILES string of the molecule is O=C(Nc1ccc(S(=O)(=O)N2CCCCC2)cc1)c1cc([N+](=O)[O-])ccc1N1CCOCC1. The Bertz CT molecular complexity index is 1120. The van der Waals surface area contributed by atoms with Gasteiger partial charge in [0.15, 0.2) is 0 Å². The van der Waals surface area contributed by atoms with Crippen molar-refractivity contribution < 1.29 is 22.9 Å². The number of nitro benzene ring substituents is 1. The number of morpholine rings is 1. The van der Waals surface area contributed by atoms with E-state index >= 15 is 0 Å². The molecule has 4 rings (SSSR count). The van der Waals surface area contributed by atoms with Gasteiger partial charge in [0.05, 0.1) is 34.3 Å². The molecule has 1 N–H and O–H groups in total. The average molecular weight is 475 g/mol. The van der Waals surface area contributed by atoms with Crippen LogP contribution in [0.4, 0.5) is 17.1 Å². The molecule has 2 aromatic carbocycles. The first-order chi connectivity index (χ1) is 15.9. The van der Waals surface area contributed by atoms with Crippen LogP contribution in [0.1, 0.15) is 29.6 Å². The lowest BCUT2D eigenvalue weighted by Crippen LogP contribution is -2.37. The standard InChI is InChI=1S/C22H26N4O6S/c27-22(20-16-18(26(28)29)6-9-21(20)24-12-14-32-15-13-24)23-17-4-7-19(8-5-17)33(30,31)25-10-2-1-3-11-25/h4-9,16H,1-3,10-15H2,(H,23,27). The molecule has 2 aromatic rings. The predicted octanol–water partition coefficient (Wildman–Crippen LogP) is 2.86. The van der Waals surface area contributed by atoms with Crippen LogP contribution in [0.5, 0.6) is 0 Å². The maximum Gasteiger partial charge on any atom is 0.270 e. The Morgan fingerprint density at radius 2 is 1.64 bits per heavy atom. The number of carbonyl (C=O) groups is 1. The molecule has 11 heteroatoms. The van der Waals surface area contributed by atoms with E-state index in [0.29, 0.717) is 50.8 Å². The Morgan fingerprint density at radius 1 is 0.970 bits per heavy atom. The highest BCUT2D eigenvalue weighted by Gasteiger charge is 2.26. The number of non-ortho nitro benzene ring substituents is 1. The quantitative estimate of drug-likeness (QED) is 0.505. The second kappa shape index (κ2) is 9.86. The summed E-state index contributed by atoms with van der Waals surface area (Å²) in [5.74, 6) is -0.508. The van der Waals surface area contributed by atoms with Crippen LogP contribution in [-0.4, -0.2) is 62.9 Å². The normalized spacial score (nSPS) is 17.5. The lowest BCUT2D eigenvalue weighted by atomic mass is 10.1. The fourth-order valence-electron chi connectivity index (χ4n) is 4.06. The summed E-state index contributed by atoms with van der Waals surface area (Å²) < 4.78 is 32.5. The summed E-state index contributed by atoms with van der Waals surface area (Å²) in [5, 5.41) is 14.0. The van der Waals surface area contributed by atoms with E-state index in [4.69, 9.17) is 4.74 Å². The van der Waals surface area contributed by atoms with Crippen molar-refractivity contribution >= 4 is 33.0 Å². The summed E-state index contributed by atoms with van der Waals surface area (Å²) in [6.45, 7) is 3.17. The Hall–Kier alpha value is -3.02. The molecule has 2 saturated heterocycles. The van der Waals surface area contributed by atoms with Crippen molar-refractivity contribution in [3.05, 3.63) is 58.1 Å². The molecule has 0 bridgehead atoms. The fourth-order valence-corrected chi connectivity index (χ4v) is 5.58. The van der Waals surface area contributed by atoms with Gasteiger partial charge in [-0.3, -0.25) is 14.9 Å². The lowest BCUT2D eigenvalue weighted by molar-refractivity contribution is -0.384. The number of amides is 1. The van der Waals surface area contributed by atoms with E-state index in [0.717, 1.165) is 19.3 Å². The minimum absolute atomic E-state index is 0.173. The van der Waals surface area contributed by atoms with E-state index in [1.807, 2.05) is 4.90 Å². The van der Waals surface area contributed by atoms with Crippen LogP contribution < -0.4 is 10.2 Å². The molecule has 176 valence electrons. The third-order valence-electron chi connectivity index (χ3n) is 5.85. The van der Waals surface area contributed by atoms with Gasteiger partial charge in [-0.2, -0.15) is 4.31 Å². The van der Waals surface area contributed by atoms with Gasteiger partial charge < -0.3 is 15.0 Å². The number of anilines is 2. The van der Waals surface area contributed by atoms with Crippen molar-refractivity contribution in [2.75, 3.05) is 49.6 Å². The Kier molecular flexibility index (Phi) is 6.91. The van der Waals surface area contributed by atoms with Crippen molar-refractivity contribution in [3.8, 4) is 0 Å². The maximum absolute atomic E-state index is 13.1. The molecule has 2 heterocycles. The summed E-state index contributed by atoms with van der Waals surface area (Å²) in [4.78, 5) is 25.9. The minimum Gasteiger partial charge on any atom is -0.378 e. The molecule has 2 fully saturated rings. The summed E-state index contributed by atoms with van der Waals surface area (Å²) >= 11 is 0. The average Bonchev–Trinajstić information content (AvgIpc) is 2.85. The molecule has 0 saturated carbocycles. The maximum atomic E-state index is 13.1. The van der Waals surface area contributed by atoms with E-state index in [9.17, 15) is 23.3 Å². The third-order valence-corrected chi connectivity index (χ3v) is 7.77. The molecule has 0 unspecified atom stereocenters. The van der Waals surface area contributed by atoms with Crippen molar-refractivity contribution in [2.45, 2.75) is 24.2 Å². The van der Waals surface area contributed by atoms with Crippen LogP contribution in [0.2, 0.25) is 0 Å². The number of hydrogen-bond donors (Lipinski definition) is 1. The molecule has 33 heavy (non-hydrogen) atoms. The van der Waals surface area contributed by atoms with Crippen LogP contribution in [0, 0.1) is 10.1 Å². The van der Waals surface area contributed by atoms with Gasteiger partial charge in [-0.15, -0.1) is 0 Å². The Labute approximate surface area is 192 Å². The topological polar surface area (TPSA) is 122 Å². The van der Waals surface area contributed by atoms with Gasteiger partial charge in [-0.1, -0.05) is 6.42 Å². The van der Waals surface area contributed by atoms with E-state index in [1.54, 1.807) is 6.07 Å². The van der Waals surface area contributed by atoms with Crippen molar-refractivity contribution in [1.29, 1.82) is 0 Å². The van der Waals surface area contributed by atoms with E-state index in [2.05, 4.69) is 5.32 Å². The van der Waals surface area contributed by atoms with Crippen LogP contribution in [-0.2, 0) is 14.8 Å². The van der Waals surface area contributed by atoms with Gasteiger partial charge in [0, 0.05) is 44.0 Å². The number of rotatable bonds is 6. The van der Waals surface area contributed by atoms with Gasteiger partial charge in [0.2, 0.25) is 10.0 Å². The smallest absolute Gasteiger partial charge is 0.270 e. The van der Waals surface area contributed by atoms with Crippen molar-refractivity contribution in [1.82, 2.24) is 4.31 Å². The zero-order chi connectivity index (χ0) is 23.4. The number of carbonyl (C=O) groups excluding carboxylic acids is 1. The molecule has 0 radical (unpaired) electrons. The summed E-state index contributed by atoms with van der Waals surface area (Å²) in [6, 6.07) is 10.2. The molecule has 0 atom stereocenters. The number of nitro groups is 1. The van der Waals surface area contributed by atoms with Crippen LogP contribution in [0.3, 0.4) is 0 Å². The summed E-state index contributed by atoms with van der Waals surface area (Å²) in [5.41, 5.74) is 0.985. The van der Waals surface area contributed by atoms with E-state index in [-0.39, 0.29) is 16.1 Å². The highest BCUT2D eigenvalue weighted by Crippen LogP contribution is 2.28. The molecule has 0 aromatic heterocycles. The molecule has 0 aliphatic carbocycles. The largest absolute Gasteiger partial charge is 0.378 e. The molecule has 1 amide bonds. The van der Waals surface area contributed by atoms with Gasteiger partial charge in [-0.25, -0.2) is 8.42 Å². The Balaban J connectivity index is 1.55. The Morgan fingerprint density at radius 3 is 2.27 bits per heavy atom. The summed E-state index contributed by atoms with van der Waals surface area (Å²) in [7, 11) is -3.57. The first-order valence-corrected chi connectivity index (χ1v) is 12.3. The molecule has 10 nitrogen and oxygen atoms in total. The van der Waals surface area contributed by atoms with Crippen LogP contribution in [0.15, 0.2) is 47.4 Å². The summed E-state index contributed by atoms with van der Waals surface area (Å²) in [6.07, 6.45) is 2.73. The predicted molar refractivity (Wildman–Crippen MR) is 123 cm³/mol. The monoisotopic (exact) mass is 474 g/mol. The van der Waals surface area contributed by atoms with E-state index < -0.39 is 20.9 Å². The molecule has 2 aliphatic heterocycles. The van der Waals surface area contributed by atoms with Gasteiger partial charge >= 0.3 is 0 Å². The molecule has 0 spiro atoms. The van der Waals surface area contributed by atoms with E-state index in [1.165, 1.54) is 40.7 Å². The highest BCUT2D eigenvalue weighted by atomic mass is 32.2. The first kappa shape index (κ1) is 23.1. The van der Waals surface area contributed by atoms with Crippen molar-refractivity contribution in [3.63, 3.8) is 0 Å². The number of piperidine rings is 1.